The molecule has 0 bridgehead atoms. The molecule has 1 aromatic carbocycles. The molecule has 0 unspecified atom stereocenters. The van der Waals surface area contributed by atoms with Crippen molar-refractivity contribution in [3.05, 3.63) is 35.7 Å². The molecule has 3 N–H and O–H groups in total. The molecule has 0 saturated carbocycles. The van der Waals surface area contributed by atoms with Gasteiger partial charge in [-0.3, -0.25) is 0 Å². The van der Waals surface area contributed by atoms with Gasteiger partial charge in [0.2, 0.25) is 5.89 Å². The second-order valence-electron chi connectivity index (χ2n) is 3.83. The zero-order valence-corrected chi connectivity index (χ0v) is 10.2. The summed E-state index contributed by atoms with van der Waals surface area (Å²) < 4.78 is 5.37. The first-order valence-electron chi connectivity index (χ1n) is 5.75. The average molecular weight is 248 g/mol. The maximum Gasteiger partial charge on any atom is 0.320 e. The minimum absolute atomic E-state index is 0.157. The van der Waals surface area contributed by atoms with Crippen LogP contribution in [0, 0.1) is 0 Å². The Morgan fingerprint density at radius 3 is 2.67 bits per heavy atom. The number of aliphatic hydroxyl groups is 1. The number of aliphatic hydroxyl groups excluding tert-OH is 1. The Kier molecular flexibility index (Phi) is 4.27. The standard InChI is InChI=1S/C12H16N4O2/c1-13-8-11-15-16-12(18-11)14-10-4-2-9(3-5-10)6-7-17/h2-5,13,17H,6-8H2,1H3,(H,14,16). The lowest BCUT2D eigenvalue weighted by molar-refractivity contribution is 0.299. The molecule has 0 spiro atoms. The number of rotatable bonds is 6. The molecular formula is C12H16N4O2. The SMILES string of the molecule is CNCc1nnc(Nc2ccc(CCO)cc2)o1. The lowest BCUT2D eigenvalue weighted by Crippen LogP contribution is -2.04. The molecule has 0 aliphatic heterocycles. The van der Waals surface area contributed by atoms with Crippen molar-refractivity contribution in [2.24, 2.45) is 0 Å². The summed E-state index contributed by atoms with van der Waals surface area (Å²) in [4.78, 5) is 0. The number of anilines is 2. The molecule has 2 aromatic rings. The Balaban J connectivity index is 1.99. The van der Waals surface area contributed by atoms with Gasteiger partial charge in [0.05, 0.1) is 6.54 Å². The number of hydrogen-bond donors (Lipinski definition) is 3. The molecule has 0 amide bonds. The van der Waals surface area contributed by atoms with Gasteiger partial charge in [-0.05, 0) is 31.2 Å². The predicted octanol–water partition coefficient (Wildman–Crippen LogP) is 1.07. The van der Waals surface area contributed by atoms with E-state index in [1.165, 1.54) is 0 Å². The van der Waals surface area contributed by atoms with Crippen LogP contribution >= 0.6 is 0 Å². The van der Waals surface area contributed by atoms with Gasteiger partial charge in [0, 0.05) is 12.3 Å². The van der Waals surface area contributed by atoms with Gasteiger partial charge < -0.3 is 20.2 Å². The smallest absolute Gasteiger partial charge is 0.320 e. The second-order valence-corrected chi connectivity index (χ2v) is 3.83. The molecule has 0 saturated heterocycles. The monoisotopic (exact) mass is 248 g/mol. The molecular weight excluding hydrogens is 232 g/mol. The highest BCUT2D eigenvalue weighted by Gasteiger charge is 2.04. The summed E-state index contributed by atoms with van der Waals surface area (Å²) in [6, 6.07) is 8.09. The normalized spacial score (nSPS) is 10.6. The third-order valence-corrected chi connectivity index (χ3v) is 2.40. The average Bonchev–Trinajstić information content (AvgIpc) is 2.80. The van der Waals surface area contributed by atoms with Crippen molar-refractivity contribution >= 4 is 11.7 Å². The maximum atomic E-state index is 8.82. The number of nitrogens with one attached hydrogen (secondary N) is 2. The highest BCUT2D eigenvalue weighted by Crippen LogP contribution is 2.16. The molecule has 1 heterocycles. The van der Waals surface area contributed by atoms with Crippen LogP contribution in [0.25, 0.3) is 0 Å². The van der Waals surface area contributed by atoms with Crippen molar-refractivity contribution in [3.63, 3.8) is 0 Å². The van der Waals surface area contributed by atoms with Crippen LogP contribution in [0.1, 0.15) is 11.5 Å². The van der Waals surface area contributed by atoms with E-state index in [2.05, 4.69) is 20.8 Å². The summed E-state index contributed by atoms with van der Waals surface area (Å²) in [5.74, 6) is 0.539. The van der Waals surface area contributed by atoms with E-state index in [1.807, 2.05) is 31.3 Å². The molecule has 0 fully saturated rings. The summed E-state index contributed by atoms with van der Waals surface area (Å²) in [6.45, 7) is 0.702. The van der Waals surface area contributed by atoms with E-state index >= 15 is 0 Å². The van der Waals surface area contributed by atoms with E-state index in [-0.39, 0.29) is 6.61 Å². The van der Waals surface area contributed by atoms with Crippen molar-refractivity contribution in [1.82, 2.24) is 15.5 Å². The fourth-order valence-electron chi connectivity index (χ4n) is 1.53. The molecule has 0 aliphatic carbocycles. The number of nitrogens with zero attached hydrogens (tertiary/aromatic N) is 2. The molecule has 6 heteroatoms. The number of hydrogen-bond acceptors (Lipinski definition) is 6. The summed E-state index contributed by atoms with van der Waals surface area (Å²) in [7, 11) is 1.82. The van der Waals surface area contributed by atoms with Gasteiger partial charge in [-0.1, -0.05) is 17.2 Å². The lowest BCUT2D eigenvalue weighted by atomic mass is 10.1. The molecule has 96 valence electrons. The van der Waals surface area contributed by atoms with Gasteiger partial charge in [0.25, 0.3) is 0 Å². The van der Waals surface area contributed by atoms with Gasteiger partial charge in [-0.25, -0.2) is 0 Å². The van der Waals surface area contributed by atoms with E-state index in [0.717, 1.165) is 11.3 Å². The first kappa shape index (κ1) is 12.5. The second kappa shape index (κ2) is 6.13. The fourth-order valence-corrected chi connectivity index (χ4v) is 1.53. The molecule has 1 aromatic heterocycles. The zero-order chi connectivity index (χ0) is 12.8. The quantitative estimate of drug-likeness (QED) is 0.709. The minimum atomic E-state index is 0.157. The fraction of sp³-hybridized carbons (Fsp3) is 0.333. The maximum absolute atomic E-state index is 8.82. The first-order valence-corrected chi connectivity index (χ1v) is 5.75. The van der Waals surface area contributed by atoms with Crippen LogP contribution in [0.15, 0.2) is 28.7 Å². The van der Waals surface area contributed by atoms with Gasteiger partial charge in [0.1, 0.15) is 0 Å². The first-order chi connectivity index (χ1) is 8.81. The van der Waals surface area contributed by atoms with E-state index in [1.54, 1.807) is 0 Å². The van der Waals surface area contributed by atoms with Crippen molar-refractivity contribution in [2.45, 2.75) is 13.0 Å². The van der Waals surface area contributed by atoms with E-state index in [0.29, 0.717) is 24.9 Å². The number of aromatic nitrogens is 2. The van der Waals surface area contributed by atoms with E-state index in [4.69, 9.17) is 9.52 Å². The van der Waals surface area contributed by atoms with Crippen molar-refractivity contribution in [1.29, 1.82) is 0 Å². The summed E-state index contributed by atoms with van der Waals surface area (Å²) in [6.07, 6.45) is 0.660. The Hall–Kier alpha value is -1.92. The Labute approximate surface area is 105 Å². The highest BCUT2D eigenvalue weighted by molar-refractivity contribution is 5.52. The van der Waals surface area contributed by atoms with Crippen LogP contribution in [0.4, 0.5) is 11.7 Å². The zero-order valence-electron chi connectivity index (χ0n) is 10.2. The molecule has 18 heavy (non-hydrogen) atoms. The number of benzene rings is 1. The van der Waals surface area contributed by atoms with Gasteiger partial charge in [-0.15, -0.1) is 5.10 Å². The van der Waals surface area contributed by atoms with Gasteiger partial charge in [0.15, 0.2) is 0 Å². The molecule has 0 radical (unpaired) electrons. The van der Waals surface area contributed by atoms with Gasteiger partial charge in [-0.2, -0.15) is 0 Å². The Morgan fingerprint density at radius 2 is 2.00 bits per heavy atom. The summed E-state index contributed by atoms with van der Waals surface area (Å²) in [5.41, 5.74) is 1.96. The third kappa shape index (κ3) is 3.28. The van der Waals surface area contributed by atoms with E-state index in [9.17, 15) is 0 Å². The Bertz CT molecular complexity index is 481. The predicted molar refractivity (Wildman–Crippen MR) is 67.6 cm³/mol. The van der Waals surface area contributed by atoms with Gasteiger partial charge >= 0.3 is 6.01 Å². The topological polar surface area (TPSA) is 83.2 Å². The minimum Gasteiger partial charge on any atom is -0.406 e. The van der Waals surface area contributed by atoms with Crippen LogP contribution < -0.4 is 10.6 Å². The van der Waals surface area contributed by atoms with Crippen molar-refractivity contribution < 1.29 is 9.52 Å². The van der Waals surface area contributed by atoms with E-state index < -0.39 is 0 Å². The lowest BCUT2D eigenvalue weighted by Gasteiger charge is -2.02. The molecule has 2 rings (SSSR count). The Morgan fingerprint density at radius 1 is 1.22 bits per heavy atom. The van der Waals surface area contributed by atoms with Crippen LogP contribution in [-0.4, -0.2) is 29.0 Å². The largest absolute Gasteiger partial charge is 0.406 e. The van der Waals surface area contributed by atoms with Crippen LogP contribution in [0.5, 0.6) is 0 Å². The molecule has 6 nitrogen and oxygen atoms in total. The molecule has 0 aliphatic rings. The third-order valence-electron chi connectivity index (χ3n) is 2.40. The highest BCUT2D eigenvalue weighted by atomic mass is 16.4. The van der Waals surface area contributed by atoms with Crippen LogP contribution in [0.2, 0.25) is 0 Å². The molecule has 0 atom stereocenters. The summed E-state index contributed by atoms with van der Waals surface area (Å²) in [5, 5.41) is 22.5. The van der Waals surface area contributed by atoms with Crippen LogP contribution in [-0.2, 0) is 13.0 Å². The summed E-state index contributed by atoms with van der Waals surface area (Å²) >= 11 is 0. The van der Waals surface area contributed by atoms with Crippen molar-refractivity contribution in [3.8, 4) is 0 Å². The van der Waals surface area contributed by atoms with Crippen LogP contribution in [0.3, 0.4) is 0 Å². The van der Waals surface area contributed by atoms with Crippen molar-refractivity contribution in [2.75, 3.05) is 19.0 Å².